The first-order valence-electron chi connectivity index (χ1n) is 12.0. The van der Waals surface area contributed by atoms with E-state index in [-0.39, 0.29) is 10.9 Å². The van der Waals surface area contributed by atoms with E-state index in [4.69, 9.17) is 61.0 Å². The van der Waals surface area contributed by atoms with E-state index in [0.717, 1.165) is 11.2 Å². The zero-order valence-corrected chi connectivity index (χ0v) is 24.2. The molecule has 0 spiro atoms. The molecule has 0 saturated carbocycles. The van der Waals surface area contributed by atoms with Crippen molar-refractivity contribution in [2.45, 2.75) is 37.5 Å². The molecule has 0 bridgehead atoms. The van der Waals surface area contributed by atoms with Crippen molar-refractivity contribution in [2.24, 2.45) is 5.16 Å². The van der Waals surface area contributed by atoms with Gasteiger partial charge in [0.15, 0.2) is 12.7 Å². The van der Waals surface area contributed by atoms with E-state index >= 15 is 0 Å². The minimum Gasteiger partial charge on any atom is -0.467 e. The van der Waals surface area contributed by atoms with Crippen LogP contribution in [-0.4, -0.2) is 46.2 Å². The maximum absolute atomic E-state index is 13.2. The van der Waals surface area contributed by atoms with Crippen molar-refractivity contribution in [3.63, 3.8) is 0 Å². The predicted octanol–water partition coefficient (Wildman–Crippen LogP) is 7.82. The predicted molar refractivity (Wildman–Crippen MR) is 147 cm³/mol. The van der Waals surface area contributed by atoms with Crippen molar-refractivity contribution >= 4 is 69.4 Å². The van der Waals surface area contributed by atoms with E-state index < -0.39 is 36.2 Å². The molecule has 2 aliphatic rings. The number of rotatable bonds is 6. The molecule has 2 aliphatic heterocycles. The minimum atomic E-state index is -4.71. The Morgan fingerprint density at radius 2 is 1.80 bits per heavy atom. The third kappa shape index (κ3) is 6.44. The lowest BCUT2D eigenvalue weighted by Gasteiger charge is -2.31. The largest absolute Gasteiger partial charge is 0.467 e. The highest BCUT2D eigenvalue weighted by molar-refractivity contribution is 7.10. The van der Waals surface area contributed by atoms with Gasteiger partial charge in [-0.1, -0.05) is 51.6 Å². The van der Waals surface area contributed by atoms with Gasteiger partial charge in [-0.05, 0) is 31.0 Å². The first-order chi connectivity index (χ1) is 19.0. The highest BCUT2D eigenvalue weighted by Gasteiger charge is 2.36. The summed E-state index contributed by atoms with van der Waals surface area (Å²) in [6.07, 6.45) is -2.40. The van der Waals surface area contributed by atoms with Crippen LogP contribution in [0, 0.1) is 0 Å². The Balaban J connectivity index is 1.15. The van der Waals surface area contributed by atoms with Gasteiger partial charge >= 0.3 is 6.18 Å². The summed E-state index contributed by atoms with van der Waals surface area (Å²) in [6.45, 7) is 0.274. The van der Waals surface area contributed by atoms with E-state index in [1.165, 1.54) is 11.3 Å². The zero-order valence-electron chi connectivity index (χ0n) is 20.4. The molecule has 4 heterocycles. The Bertz CT molecular complexity index is 1440. The monoisotopic (exact) mass is 652 g/mol. The van der Waals surface area contributed by atoms with Crippen molar-refractivity contribution in [1.29, 1.82) is 0 Å². The number of nitrogens with zero attached hydrogens (tertiary/aromatic N) is 4. The van der Waals surface area contributed by atoms with Crippen LogP contribution in [0.25, 0.3) is 0 Å². The SMILES string of the molecule is O=C(COc1ncc(Cl)cc1C(F)(F)F)N1CCC(c2nc(C3=NOC(c4c(Cl)cc(Cl)cc4Cl)C3)cs2)CC1. The van der Waals surface area contributed by atoms with Crippen LogP contribution in [0.2, 0.25) is 20.1 Å². The number of piperidine rings is 1. The molecular weight excluding hydrogens is 635 g/mol. The van der Waals surface area contributed by atoms with Gasteiger partial charge in [0.1, 0.15) is 11.3 Å². The van der Waals surface area contributed by atoms with Gasteiger partial charge in [0.05, 0.1) is 25.8 Å². The molecule has 0 radical (unpaired) electrons. The summed E-state index contributed by atoms with van der Waals surface area (Å²) in [4.78, 5) is 28.1. The number of benzene rings is 1. The summed E-state index contributed by atoms with van der Waals surface area (Å²) in [6, 6.07) is 3.92. The standard InChI is InChI=1S/C25H19Cl4F3N4O3S/c26-13-6-16(28)22(17(29)7-13)20-8-18(35-39-20)19-11-40-24(34-19)12-1-3-36(4-2-12)21(37)10-38-23-15(25(30,31)32)5-14(27)9-33-23/h5-7,9,11-12,20H,1-4,8,10H2. The quantitative estimate of drug-likeness (QED) is 0.271. The van der Waals surface area contributed by atoms with Crippen molar-refractivity contribution < 1.29 is 27.5 Å². The highest BCUT2D eigenvalue weighted by Crippen LogP contribution is 2.41. The van der Waals surface area contributed by atoms with Crippen LogP contribution >= 0.6 is 57.7 Å². The van der Waals surface area contributed by atoms with Gasteiger partial charge in [0, 0.05) is 47.6 Å². The van der Waals surface area contributed by atoms with Gasteiger partial charge in [-0.25, -0.2) is 9.97 Å². The average Bonchev–Trinajstić information content (AvgIpc) is 3.57. The first-order valence-corrected chi connectivity index (χ1v) is 14.3. The highest BCUT2D eigenvalue weighted by atomic mass is 35.5. The van der Waals surface area contributed by atoms with Crippen LogP contribution in [-0.2, 0) is 15.8 Å². The molecule has 7 nitrogen and oxygen atoms in total. The lowest BCUT2D eigenvalue weighted by atomic mass is 9.97. The second-order valence-electron chi connectivity index (χ2n) is 9.14. The van der Waals surface area contributed by atoms with Crippen LogP contribution < -0.4 is 4.74 Å². The second-order valence-corrected chi connectivity index (χ2v) is 11.7. The molecule has 1 saturated heterocycles. The van der Waals surface area contributed by atoms with E-state index in [1.807, 2.05) is 5.38 Å². The molecule has 1 amide bonds. The molecule has 1 unspecified atom stereocenters. The fourth-order valence-electron chi connectivity index (χ4n) is 4.49. The Morgan fingerprint density at radius 3 is 2.48 bits per heavy atom. The topological polar surface area (TPSA) is 76.9 Å². The number of ether oxygens (including phenoxy) is 1. The van der Waals surface area contributed by atoms with Crippen LogP contribution in [0.3, 0.4) is 0 Å². The van der Waals surface area contributed by atoms with Crippen LogP contribution in [0.5, 0.6) is 5.88 Å². The van der Waals surface area contributed by atoms with E-state index in [2.05, 4.69) is 10.1 Å². The van der Waals surface area contributed by atoms with Crippen molar-refractivity contribution in [2.75, 3.05) is 19.7 Å². The van der Waals surface area contributed by atoms with Gasteiger partial charge in [0.2, 0.25) is 5.88 Å². The van der Waals surface area contributed by atoms with Crippen LogP contribution in [0.4, 0.5) is 13.2 Å². The fourth-order valence-corrected chi connectivity index (χ4v) is 6.71. The first kappa shape index (κ1) is 29.2. The summed E-state index contributed by atoms with van der Waals surface area (Å²) in [5, 5.41) is 8.06. The van der Waals surface area contributed by atoms with Gasteiger partial charge in [-0.15, -0.1) is 11.3 Å². The second kappa shape index (κ2) is 11.9. The summed E-state index contributed by atoms with van der Waals surface area (Å²) in [5.74, 6) is -0.986. The number of thiazole rings is 1. The Morgan fingerprint density at radius 1 is 1.10 bits per heavy atom. The maximum atomic E-state index is 13.2. The lowest BCUT2D eigenvalue weighted by molar-refractivity contribution is -0.141. The van der Waals surface area contributed by atoms with Crippen molar-refractivity contribution in [3.8, 4) is 5.88 Å². The summed E-state index contributed by atoms with van der Waals surface area (Å²) in [7, 11) is 0. The number of alkyl halides is 3. The Labute approximate surface area is 250 Å². The number of carbonyl (C=O) groups excluding carboxylic acids is 1. The number of hydrogen-bond acceptors (Lipinski definition) is 7. The molecule has 212 valence electrons. The lowest BCUT2D eigenvalue weighted by Crippen LogP contribution is -2.40. The molecule has 0 N–H and O–H groups in total. The summed E-state index contributed by atoms with van der Waals surface area (Å²) in [5.41, 5.74) is 0.860. The van der Waals surface area contributed by atoms with E-state index in [9.17, 15) is 18.0 Å². The smallest absolute Gasteiger partial charge is 0.421 e. The maximum Gasteiger partial charge on any atom is 0.421 e. The van der Waals surface area contributed by atoms with E-state index in [0.29, 0.717) is 70.5 Å². The minimum absolute atomic E-state index is 0.123. The third-order valence-electron chi connectivity index (χ3n) is 6.50. The Hall–Kier alpha value is -2.31. The van der Waals surface area contributed by atoms with Gasteiger partial charge in [0.25, 0.3) is 5.91 Å². The summed E-state index contributed by atoms with van der Waals surface area (Å²) < 4.78 is 44.9. The number of amides is 1. The normalized spacial score (nSPS) is 18.0. The molecule has 3 aromatic rings. The molecular formula is C25H19Cl4F3N4O3S. The molecule has 40 heavy (non-hydrogen) atoms. The van der Waals surface area contributed by atoms with Gasteiger partial charge < -0.3 is 14.5 Å². The molecule has 1 aromatic carbocycles. The number of aromatic nitrogens is 2. The average molecular weight is 654 g/mol. The summed E-state index contributed by atoms with van der Waals surface area (Å²) >= 11 is 25.8. The fraction of sp³-hybridized carbons (Fsp3) is 0.360. The molecule has 5 rings (SSSR count). The molecule has 2 aromatic heterocycles. The molecule has 15 heteroatoms. The van der Waals surface area contributed by atoms with Gasteiger partial charge in [-0.3, -0.25) is 4.79 Å². The molecule has 1 fully saturated rings. The van der Waals surface area contributed by atoms with Crippen LogP contribution in [0.1, 0.15) is 53.1 Å². The number of pyridine rings is 1. The zero-order chi connectivity index (χ0) is 28.6. The number of halogens is 7. The number of carbonyl (C=O) groups is 1. The number of oxime groups is 1. The van der Waals surface area contributed by atoms with Crippen LogP contribution in [0.15, 0.2) is 34.9 Å². The number of likely N-dealkylation sites (tertiary alicyclic amines) is 1. The molecule has 0 aliphatic carbocycles. The Kier molecular flexibility index (Phi) is 8.68. The third-order valence-corrected chi connectivity index (χ3v) is 8.56. The molecule has 1 atom stereocenters. The number of hydrogen-bond donors (Lipinski definition) is 0. The van der Waals surface area contributed by atoms with E-state index in [1.54, 1.807) is 17.0 Å². The van der Waals surface area contributed by atoms with Crippen molar-refractivity contribution in [1.82, 2.24) is 14.9 Å². The van der Waals surface area contributed by atoms with Crippen molar-refractivity contribution in [3.05, 3.63) is 71.7 Å². The van der Waals surface area contributed by atoms with Gasteiger partial charge in [-0.2, -0.15) is 13.2 Å².